The zero-order chi connectivity index (χ0) is 23.6. The maximum absolute atomic E-state index is 13.8. The van der Waals surface area contributed by atoms with Crippen LogP contribution in [0.15, 0.2) is 0 Å². The van der Waals surface area contributed by atoms with Crippen molar-refractivity contribution < 1.29 is 19.4 Å². The van der Waals surface area contributed by atoms with Gasteiger partial charge in [0.15, 0.2) is 6.73 Å². The van der Waals surface area contributed by atoms with Crippen LogP contribution in [0.4, 0.5) is 0 Å². The van der Waals surface area contributed by atoms with Gasteiger partial charge in [0.2, 0.25) is 5.91 Å². The fourth-order valence-corrected chi connectivity index (χ4v) is 4.64. The van der Waals surface area contributed by atoms with E-state index in [0.29, 0.717) is 0 Å². The summed E-state index contributed by atoms with van der Waals surface area (Å²) in [6.07, 6.45) is 5.23. The van der Waals surface area contributed by atoms with E-state index >= 15 is 0 Å². The van der Waals surface area contributed by atoms with Crippen LogP contribution in [0.1, 0.15) is 80.1 Å². The minimum absolute atomic E-state index is 0.0125. The summed E-state index contributed by atoms with van der Waals surface area (Å²) >= 11 is 0. The van der Waals surface area contributed by atoms with E-state index < -0.39 is 6.04 Å². The number of likely N-dealkylation sites (tertiary alicyclic amines) is 1. The Labute approximate surface area is 189 Å². The first kappa shape index (κ1) is 27.9. The summed E-state index contributed by atoms with van der Waals surface area (Å²) < 4.78 is 5.42. The van der Waals surface area contributed by atoms with E-state index in [4.69, 9.17) is 4.74 Å². The second-order valence-electron chi connectivity index (χ2n) is 9.39. The van der Waals surface area contributed by atoms with Gasteiger partial charge >= 0.3 is 5.97 Å². The number of piperidine rings is 1. The molecule has 5 unspecified atom stereocenters. The molecule has 0 aromatic heterocycles. The second-order valence-corrected chi connectivity index (χ2v) is 9.39. The predicted molar refractivity (Wildman–Crippen MR) is 125 cm³/mol. The third-order valence-electron chi connectivity index (χ3n) is 6.89. The van der Waals surface area contributed by atoms with Crippen molar-refractivity contribution in [1.82, 2.24) is 15.1 Å². The van der Waals surface area contributed by atoms with Crippen molar-refractivity contribution in [2.45, 2.75) is 104 Å². The van der Waals surface area contributed by atoms with Gasteiger partial charge in [-0.15, -0.1) is 0 Å². The van der Waals surface area contributed by atoms with Gasteiger partial charge in [-0.25, -0.2) is 0 Å². The molecule has 2 N–H and O–H groups in total. The van der Waals surface area contributed by atoms with E-state index in [9.17, 15) is 14.7 Å². The van der Waals surface area contributed by atoms with E-state index in [1.165, 1.54) is 6.42 Å². The van der Waals surface area contributed by atoms with Crippen molar-refractivity contribution in [3.8, 4) is 0 Å². The molecule has 1 amide bonds. The molecule has 182 valence electrons. The van der Waals surface area contributed by atoms with E-state index in [-0.39, 0.29) is 61.6 Å². The third-order valence-corrected chi connectivity index (χ3v) is 6.89. The number of carbonyl (C=O) groups is 2. The summed E-state index contributed by atoms with van der Waals surface area (Å²) in [5.74, 6) is -0.0216. The fraction of sp³-hybridized carbons (Fsp3) is 0.917. The number of nitrogens with one attached hydrogen (secondary N) is 1. The molecule has 0 spiro atoms. The highest BCUT2D eigenvalue weighted by atomic mass is 16.5. The zero-order valence-electron chi connectivity index (χ0n) is 20.9. The SMILES string of the molecule is CCC(=O)OCN(C(=O)C(NC(CO)C1CCCCN1C)C(C)CC)C(CC)C(C)C. The molecule has 7 heteroatoms. The number of amides is 1. The number of nitrogens with zero attached hydrogens (tertiary/aromatic N) is 2. The Morgan fingerprint density at radius 1 is 1.16 bits per heavy atom. The average Bonchev–Trinajstić information content (AvgIpc) is 2.76. The highest BCUT2D eigenvalue weighted by Gasteiger charge is 2.37. The molecule has 5 atom stereocenters. The Hall–Kier alpha value is -1.18. The van der Waals surface area contributed by atoms with Crippen molar-refractivity contribution in [3.63, 3.8) is 0 Å². The maximum Gasteiger partial charge on any atom is 0.307 e. The lowest BCUT2D eigenvalue weighted by molar-refractivity contribution is -0.157. The first-order valence-electron chi connectivity index (χ1n) is 12.2. The number of likely N-dealkylation sites (N-methyl/N-ethyl adjacent to an activating group) is 1. The molecule has 1 heterocycles. The summed E-state index contributed by atoms with van der Waals surface area (Å²) in [5.41, 5.74) is 0. The minimum atomic E-state index is -0.439. The Kier molecular flexibility index (Phi) is 12.6. The van der Waals surface area contributed by atoms with Crippen LogP contribution in [0, 0.1) is 11.8 Å². The molecule has 0 aliphatic carbocycles. The molecular formula is C24H47N3O4. The monoisotopic (exact) mass is 441 g/mol. The van der Waals surface area contributed by atoms with Crippen LogP contribution in [0.2, 0.25) is 0 Å². The Balaban J connectivity index is 3.14. The smallest absolute Gasteiger partial charge is 0.307 e. The van der Waals surface area contributed by atoms with E-state index in [1.54, 1.807) is 11.8 Å². The molecule has 0 aromatic rings. The van der Waals surface area contributed by atoms with Crippen molar-refractivity contribution in [1.29, 1.82) is 0 Å². The molecule has 7 nitrogen and oxygen atoms in total. The molecule has 1 aliphatic rings. The number of hydrogen-bond donors (Lipinski definition) is 2. The zero-order valence-corrected chi connectivity index (χ0v) is 20.9. The van der Waals surface area contributed by atoms with Gasteiger partial charge in [-0.2, -0.15) is 0 Å². The lowest BCUT2D eigenvalue weighted by Crippen LogP contribution is -2.61. The third kappa shape index (κ3) is 8.03. The van der Waals surface area contributed by atoms with Crippen LogP contribution in [0.5, 0.6) is 0 Å². The Morgan fingerprint density at radius 3 is 2.32 bits per heavy atom. The summed E-state index contributed by atoms with van der Waals surface area (Å²) in [6, 6.07) is -0.426. The maximum atomic E-state index is 13.8. The molecule has 1 saturated heterocycles. The summed E-state index contributed by atoms with van der Waals surface area (Å²) in [7, 11) is 2.09. The van der Waals surface area contributed by atoms with Gasteiger partial charge < -0.3 is 19.6 Å². The number of aliphatic hydroxyl groups is 1. The molecular weight excluding hydrogens is 394 g/mol. The Morgan fingerprint density at radius 2 is 1.84 bits per heavy atom. The fourth-order valence-electron chi connectivity index (χ4n) is 4.64. The van der Waals surface area contributed by atoms with E-state index in [0.717, 1.165) is 32.2 Å². The number of aliphatic hydroxyl groups excluding tert-OH is 1. The van der Waals surface area contributed by atoms with Gasteiger partial charge in [-0.1, -0.05) is 54.4 Å². The molecule has 31 heavy (non-hydrogen) atoms. The summed E-state index contributed by atoms with van der Waals surface area (Å²) in [6.45, 7) is 13.1. The summed E-state index contributed by atoms with van der Waals surface area (Å²) in [4.78, 5) is 29.7. The topological polar surface area (TPSA) is 82.1 Å². The predicted octanol–water partition coefficient (Wildman–Crippen LogP) is 3.01. The molecule has 0 saturated carbocycles. The van der Waals surface area contributed by atoms with Crippen LogP contribution >= 0.6 is 0 Å². The summed E-state index contributed by atoms with van der Waals surface area (Å²) in [5, 5.41) is 13.7. The van der Waals surface area contributed by atoms with Crippen LogP contribution in [0.3, 0.4) is 0 Å². The lowest BCUT2D eigenvalue weighted by atomic mass is 9.91. The van der Waals surface area contributed by atoms with Gasteiger partial charge in [0, 0.05) is 24.5 Å². The van der Waals surface area contributed by atoms with Crippen molar-refractivity contribution in [2.75, 3.05) is 26.9 Å². The number of hydrogen-bond acceptors (Lipinski definition) is 6. The number of carbonyl (C=O) groups excluding carboxylic acids is 2. The highest BCUT2D eigenvalue weighted by molar-refractivity contribution is 5.83. The molecule has 0 aromatic carbocycles. The lowest BCUT2D eigenvalue weighted by Gasteiger charge is -2.42. The van der Waals surface area contributed by atoms with Gasteiger partial charge in [0.05, 0.1) is 12.6 Å². The minimum Gasteiger partial charge on any atom is -0.444 e. The van der Waals surface area contributed by atoms with Crippen LogP contribution in [0.25, 0.3) is 0 Å². The van der Waals surface area contributed by atoms with E-state index in [1.807, 2.05) is 0 Å². The normalized spacial score (nSPS) is 21.4. The molecule has 0 radical (unpaired) electrons. The number of esters is 1. The van der Waals surface area contributed by atoms with Gasteiger partial charge in [-0.05, 0) is 44.7 Å². The van der Waals surface area contributed by atoms with Crippen LogP contribution in [-0.2, 0) is 14.3 Å². The Bertz CT molecular complexity index is 543. The van der Waals surface area contributed by atoms with Gasteiger partial charge in [0.1, 0.15) is 0 Å². The van der Waals surface area contributed by atoms with E-state index in [2.05, 4.69) is 51.9 Å². The first-order valence-corrected chi connectivity index (χ1v) is 12.2. The first-order chi connectivity index (χ1) is 14.7. The van der Waals surface area contributed by atoms with Crippen LogP contribution < -0.4 is 5.32 Å². The highest BCUT2D eigenvalue weighted by Crippen LogP contribution is 2.22. The standard InChI is InChI=1S/C24H47N3O4/c1-8-18(6)23(25-19(15-28)21-13-11-12-14-26(21)7)24(30)27(16-31-22(29)10-3)20(9-2)17(4)5/h17-21,23,25,28H,8-16H2,1-7H3. The second kappa shape index (κ2) is 14.1. The van der Waals surface area contributed by atoms with Gasteiger partial charge in [-0.3, -0.25) is 14.9 Å². The molecule has 0 bridgehead atoms. The number of ether oxygens (including phenoxy) is 1. The largest absolute Gasteiger partial charge is 0.444 e. The average molecular weight is 442 g/mol. The molecule has 1 aliphatic heterocycles. The quantitative estimate of drug-likeness (QED) is 0.338. The number of rotatable bonds is 13. The van der Waals surface area contributed by atoms with Gasteiger partial charge in [0.25, 0.3) is 0 Å². The molecule has 1 fully saturated rings. The van der Waals surface area contributed by atoms with Crippen molar-refractivity contribution >= 4 is 11.9 Å². The van der Waals surface area contributed by atoms with Crippen molar-refractivity contribution in [3.05, 3.63) is 0 Å². The molecule has 1 rings (SSSR count). The van der Waals surface area contributed by atoms with Crippen LogP contribution in [-0.4, -0.2) is 77.9 Å². The van der Waals surface area contributed by atoms with Crippen molar-refractivity contribution in [2.24, 2.45) is 11.8 Å².